The maximum Gasteiger partial charge on any atom is 0.140 e. The van der Waals surface area contributed by atoms with Gasteiger partial charge in [0.1, 0.15) is 5.78 Å². The predicted octanol–water partition coefficient (Wildman–Crippen LogP) is 2.83. The van der Waals surface area contributed by atoms with Crippen molar-refractivity contribution in [3.63, 3.8) is 0 Å². The van der Waals surface area contributed by atoms with Crippen LogP contribution >= 0.6 is 22.6 Å². The van der Waals surface area contributed by atoms with E-state index < -0.39 is 0 Å². The maximum absolute atomic E-state index is 12.0. The van der Waals surface area contributed by atoms with Crippen LogP contribution in [0.4, 0.5) is 0 Å². The van der Waals surface area contributed by atoms with Crippen molar-refractivity contribution in [2.45, 2.75) is 19.3 Å². The van der Waals surface area contributed by atoms with E-state index in [9.17, 15) is 4.79 Å². The van der Waals surface area contributed by atoms with Gasteiger partial charge >= 0.3 is 0 Å². The molecule has 1 heterocycles. The quantitative estimate of drug-likeness (QED) is 0.797. The Morgan fingerprint density at radius 2 is 1.88 bits per heavy atom. The third kappa shape index (κ3) is 3.28. The number of rotatable bonds is 3. The number of benzene rings is 1. The lowest BCUT2D eigenvalue weighted by molar-refractivity contribution is -0.125. The molecule has 1 fully saturated rings. The van der Waals surface area contributed by atoms with E-state index in [0.29, 0.717) is 12.2 Å². The summed E-state index contributed by atoms with van der Waals surface area (Å²) in [7, 11) is 0. The van der Waals surface area contributed by atoms with E-state index in [1.165, 1.54) is 3.57 Å². The summed E-state index contributed by atoms with van der Waals surface area (Å²) in [5.74, 6) is 0.581. The molecule has 0 aromatic heterocycles. The van der Waals surface area contributed by atoms with E-state index >= 15 is 0 Å². The van der Waals surface area contributed by atoms with Gasteiger partial charge in [0.15, 0.2) is 0 Å². The molecule has 2 rings (SSSR count). The van der Waals surface area contributed by atoms with Gasteiger partial charge in [0, 0.05) is 29.1 Å². The number of ether oxygens (including phenoxy) is 1. The minimum atomic E-state index is 0.216. The van der Waals surface area contributed by atoms with Gasteiger partial charge in [-0.1, -0.05) is 12.1 Å². The maximum atomic E-state index is 12.0. The number of ketones is 1. The first-order valence-corrected chi connectivity index (χ1v) is 6.68. The lowest BCUT2D eigenvalue weighted by Crippen LogP contribution is -2.24. The third-order valence-corrected chi connectivity index (χ3v) is 3.69. The molecule has 0 aliphatic carbocycles. The molecule has 1 aliphatic heterocycles. The van der Waals surface area contributed by atoms with Crippen molar-refractivity contribution in [3.05, 3.63) is 33.4 Å². The van der Waals surface area contributed by atoms with Crippen LogP contribution in [0, 0.1) is 9.49 Å². The van der Waals surface area contributed by atoms with E-state index in [4.69, 9.17) is 4.74 Å². The fraction of sp³-hybridized carbons (Fsp3) is 0.462. The smallest absolute Gasteiger partial charge is 0.140 e. The first-order valence-electron chi connectivity index (χ1n) is 5.60. The fourth-order valence-corrected chi connectivity index (χ4v) is 2.33. The standard InChI is InChI=1S/C13H15IO2/c14-12-3-1-10(2-4-12)9-13(15)11-5-7-16-8-6-11/h1-4,11H,5-9H2. The zero-order valence-corrected chi connectivity index (χ0v) is 11.3. The number of carbonyl (C=O) groups is 1. The van der Waals surface area contributed by atoms with Crippen LogP contribution in [0.5, 0.6) is 0 Å². The second-order valence-corrected chi connectivity index (χ2v) is 5.40. The number of carbonyl (C=O) groups excluding carboxylic acids is 1. The largest absolute Gasteiger partial charge is 0.381 e. The Balaban J connectivity index is 1.93. The summed E-state index contributed by atoms with van der Waals surface area (Å²) >= 11 is 2.27. The van der Waals surface area contributed by atoms with E-state index in [0.717, 1.165) is 31.6 Å². The molecule has 16 heavy (non-hydrogen) atoms. The minimum absolute atomic E-state index is 0.216. The van der Waals surface area contributed by atoms with Crippen LogP contribution in [0.15, 0.2) is 24.3 Å². The molecular formula is C13H15IO2. The van der Waals surface area contributed by atoms with Gasteiger partial charge in [-0.25, -0.2) is 0 Å². The van der Waals surface area contributed by atoms with Crippen molar-refractivity contribution in [2.24, 2.45) is 5.92 Å². The Morgan fingerprint density at radius 1 is 1.25 bits per heavy atom. The molecule has 0 N–H and O–H groups in total. The molecule has 3 heteroatoms. The first kappa shape index (κ1) is 12.0. The van der Waals surface area contributed by atoms with E-state index in [2.05, 4.69) is 22.6 Å². The molecule has 1 aromatic carbocycles. The van der Waals surface area contributed by atoms with Crippen molar-refractivity contribution in [3.8, 4) is 0 Å². The highest BCUT2D eigenvalue weighted by Crippen LogP contribution is 2.18. The van der Waals surface area contributed by atoms with E-state index in [-0.39, 0.29) is 5.92 Å². The highest BCUT2D eigenvalue weighted by Gasteiger charge is 2.21. The molecule has 1 saturated heterocycles. The summed E-state index contributed by atoms with van der Waals surface area (Å²) in [6.45, 7) is 1.48. The summed E-state index contributed by atoms with van der Waals surface area (Å²) in [6, 6.07) is 8.18. The van der Waals surface area contributed by atoms with Gasteiger partial charge in [0.2, 0.25) is 0 Å². The molecule has 86 valence electrons. The molecule has 0 radical (unpaired) electrons. The van der Waals surface area contributed by atoms with Crippen LogP contribution in [0.25, 0.3) is 0 Å². The minimum Gasteiger partial charge on any atom is -0.381 e. The molecule has 2 nitrogen and oxygen atoms in total. The van der Waals surface area contributed by atoms with Crippen LogP contribution in [0.3, 0.4) is 0 Å². The molecule has 0 saturated carbocycles. The molecule has 1 aromatic rings. The van der Waals surface area contributed by atoms with Crippen LogP contribution in [-0.2, 0) is 16.0 Å². The lowest BCUT2D eigenvalue weighted by Gasteiger charge is -2.20. The van der Waals surface area contributed by atoms with E-state index in [1.54, 1.807) is 0 Å². The van der Waals surface area contributed by atoms with Crippen molar-refractivity contribution in [1.29, 1.82) is 0 Å². The summed E-state index contributed by atoms with van der Waals surface area (Å²) in [5, 5.41) is 0. The Kier molecular flexibility index (Phi) is 4.35. The van der Waals surface area contributed by atoms with Gasteiger partial charge in [-0.3, -0.25) is 4.79 Å². The van der Waals surface area contributed by atoms with Gasteiger partial charge in [0.25, 0.3) is 0 Å². The highest BCUT2D eigenvalue weighted by molar-refractivity contribution is 14.1. The number of halogens is 1. The zero-order chi connectivity index (χ0) is 11.4. The summed E-state index contributed by atoms with van der Waals surface area (Å²) in [6.07, 6.45) is 2.36. The molecule has 0 atom stereocenters. The van der Waals surface area contributed by atoms with E-state index in [1.807, 2.05) is 24.3 Å². The van der Waals surface area contributed by atoms with Gasteiger partial charge in [-0.2, -0.15) is 0 Å². The van der Waals surface area contributed by atoms with Crippen LogP contribution < -0.4 is 0 Å². The second-order valence-electron chi connectivity index (χ2n) is 4.16. The Morgan fingerprint density at radius 3 is 2.50 bits per heavy atom. The third-order valence-electron chi connectivity index (χ3n) is 2.97. The van der Waals surface area contributed by atoms with Crippen LogP contribution in [0.2, 0.25) is 0 Å². The molecule has 0 amide bonds. The normalized spacial score (nSPS) is 17.3. The molecule has 1 aliphatic rings. The summed E-state index contributed by atoms with van der Waals surface area (Å²) in [5.41, 5.74) is 1.12. The van der Waals surface area contributed by atoms with Crippen molar-refractivity contribution >= 4 is 28.4 Å². The molecular weight excluding hydrogens is 315 g/mol. The van der Waals surface area contributed by atoms with Crippen molar-refractivity contribution in [1.82, 2.24) is 0 Å². The molecule has 0 unspecified atom stereocenters. The van der Waals surface area contributed by atoms with Crippen LogP contribution in [0.1, 0.15) is 18.4 Å². The highest BCUT2D eigenvalue weighted by atomic mass is 127. The Labute approximate surface area is 110 Å². The van der Waals surface area contributed by atoms with Gasteiger partial charge in [-0.15, -0.1) is 0 Å². The SMILES string of the molecule is O=C(Cc1ccc(I)cc1)C1CCOCC1. The first-order chi connectivity index (χ1) is 7.75. The average Bonchev–Trinajstić information content (AvgIpc) is 2.33. The van der Waals surface area contributed by atoms with Crippen LogP contribution in [-0.4, -0.2) is 19.0 Å². The number of Topliss-reactive ketones (excluding diaryl/α,β-unsaturated/α-hetero) is 1. The fourth-order valence-electron chi connectivity index (χ4n) is 1.97. The topological polar surface area (TPSA) is 26.3 Å². The van der Waals surface area contributed by atoms with Crippen molar-refractivity contribution in [2.75, 3.05) is 13.2 Å². The summed E-state index contributed by atoms with van der Waals surface area (Å²) < 4.78 is 6.47. The molecule has 0 bridgehead atoms. The molecule has 0 spiro atoms. The van der Waals surface area contributed by atoms with Gasteiger partial charge in [-0.05, 0) is 53.1 Å². The van der Waals surface area contributed by atoms with Crippen molar-refractivity contribution < 1.29 is 9.53 Å². The zero-order valence-electron chi connectivity index (χ0n) is 9.12. The average molecular weight is 330 g/mol. The lowest BCUT2D eigenvalue weighted by atomic mass is 9.91. The number of hydrogen-bond donors (Lipinski definition) is 0. The number of hydrogen-bond acceptors (Lipinski definition) is 2. The Bertz CT molecular complexity index is 353. The Hall–Kier alpha value is -0.420. The predicted molar refractivity (Wildman–Crippen MR) is 71.4 cm³/mol. The van der Waals surface area contributed by atoms with Gasteiger partial charge in [0.05, 0.1) is 0 Å². The van der Waals surface area contributed by atoms with Gasteiger partial charge < -0.3 is 4.74 Å². The second kappa shape index (κ2) is 5.77. The monoisotopic (exact) mass is 330 g/mol. The summed E-state index contributed by atoms with van der Waals surface area (Å²) in [4.78, 5) is 12.0.